The Kier molecular flexibility index (Phi) is 4.48. The molecule has 1 fully saturated rings. The van der Waals surface area contributed by atoms with Crippen LogP contribution in [0.2, 0.25) is 0 Å². The fourth-order valence-corrected chi connectivity index (χ4v) is 3.31. The first-order valence-corrected chi connectivity index (χ1v) is 8.12. The SMILES string of the molecule is Cc1cc(C)c(-c2ccc(N[C@H]3CCCN(C)C3)nn2)c(O)c1. The van der Waals surface area contributed by atoms with E-state index in [-0.39, 0.29) is 5.75 Å². The molecule has 0 radical (unpaired) electrons. The average Bonchev–Trinajstić information content (AvgIpc) is 2.48. The number of rotatable bonds is 3. The molecule has 0 amide bonds. The van der Waals surface area contributed by atoms with Gasteiger partial charge in [-0.2, -0.15) is 0 Å². The van der Waals surface area contributed by atoms with E-state index in [1.165, 1.54) is 6.42 Å². The van der Waals surface area contributed by atoms with Crippen LogP contribution in [-0.2, 0) is 0 Å². The van der Waals surface area contributed by atoms with Crippen molar-refractivity contribution in [2.45, 2.75) is 32.7 Å². The summed E-state index contributed by atoms with van der Waals surface area (Å²) >= 11 is 0. The molecule has 1 aliphatic rings. The van der Waals surface area contributed by atoms with E-state index in [9.17, 15) is 5.11 Å². The predicted octanol–water partition coefficient (Wildman–Crippen LogP) is 2.97. The van der Waals surface area contributed by atoms with Crippen LogP contribution < -0.4 is 5.32 Å². The van der Waals surface area contributed by atoms with Gasteiger partial charge in [0.1, 0.15) is 11.6 Å². The summed E-state index contributed by atoms with van der Waals surface area (Å²) in [4.78, 5) is 2.33. The third-order valence-corrected chi connectivity index (χ3v) is 4.36. The van der Waals surface area contributed by atoms with E-state index in [2.05, 4.69) is 27.5 Å². The van der Waals surface area contributed by atoms with E-state index in [1.807, 2.05) is 32.0 Å². The van der Waals surface area contributed by atoms with Gasteiger partial charge in [0.2, 0.25) is 0 Å². The van der Waals surface area contributed by atoms with Gasteiger partial charge in [-0.05, 0) is 69.6 Å². The number of likely N-dealkylation sites (tertiary alicyclic amines) is 1. The van der Waals surface area contributed by atoms with E-state index in [1.54, 1.807) is 6.07 Å². The number of anilines is 1. The maximum atomic E-state index is 10.2. The number of aromatic hydroxyl groups is 1. The lowest BCUT2D eigenvalue weighted by Gasteiger charge is -2.30. The van der Waals surface area contributed by atoms with Crippen LogP contribution in [0.15, 0.2) is 24.3 Å². The van der Waals surface area contributed by atoms with Crippen LogP contribution in [0.4, 0.5) is 5.82 Å². The molecule has 1 atom stereocenters. The van der Waals surface area contributed by atoms with Gasteiger partial charge in [-0.15, -0.1) is 10.2 Å². The largest absolute Gasteiger partial charge is 0.507 e. The number of aryl methyl sites for hydroxylation is 2. The van der Waals surface area contributed by atoms with Crippen LogP contribution in [0.25, 0.3) is 11.3 Å². The van der Waals surface area contributed by atoms with Crippen molar-refractivity contribution < 1.29 is 5.11 Å². The Bertz CT molecular complexity index is 661. The molecule has 0 spiro atoms. The fraction of sp³-hybridized carbons (Fsp3) is 0.444. The van der Waals surface area contributed by atoms with Crippen molar-refractivity contribution in [1.29, 1.82) is 0 Å². The summed E-state index contributed by atoms with van der Waals surface area (Å²) in [5.41, 5.74) is 3.50. The number of benzene rings is 1. The van der Waals surface area contributed by atoms with E-state index < -0.39 is 0 Å². The molecule has 23 heavy (non-hydrogen) atoms. The number of phenolic OH excluding ortho intramolecular Hbond substituents is 1. The highest BCUT2D eigenvalue weighted by Gasteiger charge is 2.17. The number of nitrogens with zero attached hydrogens (tertiary/aromatic N) is 3. The number of hydrogen-bond donors (Lipinski definition) is 2. The minimum atomic E-state index is 0.256. The van der Waals surface area contributed by atoms with Crippen molar-refractivity contribution in [2.24, 2.45) is 0 Å². The summed E-state index contributed by atoms with van der Waals surface area (Å²) in [6.45, 7) is 6.14. The summed E-state index contributed by atoms with van der Waals surface area (Å²) in [6.07, 6.45) is 2.36. The lowest BCUT2D eigenvalue weighted by atomic mass is 10.0. The zero-order valence-electron chi connectivity index (χ0n) is 14.0. The maximum Gasteiger partial charge on any atom is 0.148 e. The molecule has 0 saturated carbocycles. The van der Waals surface area contributed by atoms with Gasteiger partial charge < -0.3 is 15.3 Å². The second-order valence-electron chi connectivity index (χ2n) is 6.53. The third kappa shape index (κ3) is 3.62. The summed E-state index contributed by atoms with van der Waals surface area (Å²) in [7, 11) is 2.14. The Labute approximate surface area is 137 Å². The normalized spacial score (nSPS) is 18.8. The van der Waals surface area contributed by atoms with Crippen molar-refractivity contribution in [3.8, 4) is 17.0 Å². The van der Waals surface area contributed by atoms with E-state index in [4.69, 9.17) is 0 Å². The zero-order chi connectivity index (χ0) is 16.4. The van der Waals surface area contributed by atoms with Gasteiger partial charge in [0, 0.05) is 18.2 Å². The van der Waals surface area contributed by atoms with Crippen LogP contribution in [0, 0.1) is 13.8 Å². The molecule has 0 bridgehead atoms. The van der Waals surface area contributed by atoms with Gasteiger partial charge in [-0.1, -0.05) is 6.07 Å². The Morgan fingerprint density at radius 3 is 2.70 bits per heavy atom. The third-order valence-electron chi connectivity index (χ3n) is 4.36. The Balaban J connectivity index is 1.77. The molecule has 122 valence electrons. The number of aromatic nitrogens is 2. The Morgan fingerprint density at radius 2 is 2.04 bits per heavy atom. The second kappa shape index (κ2) is 6.54. The van der Waals surface area contributed by atoms with Gasteiger partial charge in [-0.25, -0.2) is 0 Å². The Morgan fingerprint density at radius 1 is 1.22 bits per heavy atom. The zero-order valence-corrected chi connectivity index (χ0v) is 14.0. The molecule has 1 aromatic heterocycles. The van der Waals surface area contributed by atoms with Gasteiger partial charge in [0.25, 0.3) is 0 Å². The number of hydrogen-bond acceptors (Lipinski definition) is 5. The van der Waals surface area contributed by atoms with Crippen molar-refractivity contribution in [1.82, 2.24) is 15.1 Å². The predicted molar refractivity (Wildman–Crippen MR) is 92.7 cm³/mol. The van der Waals surface area contributed by atoms with Gasteiger partial charge in [0.15, 0.2) is 0 Å². The van der Waals surface area contributed by atoms with Crippen LogP contribution >= 0.6 is 0 Å². The fourth-order valence-electron chi connectivity index (χ4n) is 3.31. The van der Waals surface area contributed by atoms with Crippen molar-refractivity contribution >= 4 is 5.82 Å². The summed E-state index contributed by atoms with van der Waals surface area (Å²) in [5.74, 6) is 1.05. The smallest absolute Gasteiger partial charge is 0.148 e. The second-order valence-corrected chi connectivity index (χ2v) is 6.53. The minimum Gasteiger partial charge on any atom is -0.507 e. The summed E-state index contributed by atoms with van der Waals surface area (Å²) in [5, 5.41) is 22.2. The highest BCUT2D eigenvalue weighted by molar-refractivity contribution is 5.71. The molecule has 5 nitrogen and oxygen atoms in total. The maximum absolute atomic E-state index is 10.2. The molecule has 1 saturated heterocycles. The topological polar surface area (TPSA) is 61.3 Å². The molecule has 2 aromatic rings. The number of piperidine rings is 1. The van der Waals surface area contributed by atoms with Gasteiger partial charge in [-0.3, -0.25) is 0 Å². The van der Waals surface area contributed by atoms with E-state index in [0.29, 0.717) is 11.7 Å². The van der Waals surface area contributed by atoms with Crippen molar-refractivity contribution in [3.05, 3.63) is 35.4 Å². The van der Waals surface area contributed by atoms with Crippen LogP contribution in [-0.4, -0.2) is 46.4 Å². The molecule has 2 N–H and O–H groups in total. The lowest BCUT2D eigenvalue weighted by molar-refractivity contribution is 0.260. The van der Waals surface area contributed by atoms with Crippen LogP contribution in [0.3, 0.4) is 0 Å². The van der Waals surface area contributed by atoms with Crippen LogP contribution in [0.1, 0.15) is 24.0 Å². The van der Waals surface area contributed by atoms with Gasteiger partial charge in [0.05, 0.1) is 5.69 Å². The average molecular weight is 312 g/mol. The monoisotopic (exact) mass is 312 g/mol. The van der Waals surface area contributed by atoms with Crippen molar-refractivity contribution in [2.75, 3.05) is 25.5 Å². The quantitative estimate of drug-likeness (QED) is 0.912. The summed E-state index contributed by atoms with van der Waals surface area (Å²) < 4.78 is 0. The summed E-state index contributed by atoms with van der Waals surface area (Å²) in [6, 6.07) is 8.08. The number of likely N-dealkylation sites (N-methyl/N-ethyl adjacent to an activating group) is 1. The molecule has 2 heterocycles. The molecular formula is C18H24N4O. The Hall–Kier alpha value is -2.14. The minimum absolute atomic E-state index is 0.256. The van der Waals surface area contributed by atoms with E-state index in [0.717, 1.165) is 42.0 Å². The molecule has 0 aliphatic carbocycles. The van der Waals surface area contributed by atoms with Crippen LogP contribution in [0.5, 0.6) is 5.75 Å². The van der Waals surface area contributed by atoms with Gasteiger partial charge >= 0.3 is 0 Å². The lowest BCUT2D eigenvalue weighted by Crippen LogP contribution is -2.39. The highest BCUT2D eigenvalue weighted by Crippen LogP contribution is 2.32. The number of phenols is 1. The molecule has 1 aromatic carbocycles. The molecule has 1 aliphatic heterocycles. The first-order chi connectivity index (χ1) is 11.0. The van der Waals surface area contributed by atoms with Crippen molar-refractivity contribution in [3.63, 3.8) is 0 Å². The standard InChI is InChI=1S/C18H24N4O/c1-12-9-13(2)18(16(23)10-12)15-6-7-17(21-20-15)19-14-5-4-8-22(3)11-14/h6-7,9-10,14,23H,4-5,8,11H2,1-3H3,(H,19,21)/t14-/m0/s1. The molecule has 3 rings (SSSR count). The molecule has 5 heteroatoms. The first-order valence-electron chi connectivity index (χ1n) is 8.12. The highest BCUT2D eigenvalue weighted by atomic mass is 16.3. The first kappa shape index (κ1) is 15.7. The van der Waals surface area contributed by atoms with E-state index >= 15 is 0 Å². The number of nitrogens with one attached hydrogen (secondary N) is 1. The molecule has 0 unspecified atom stereocenters. The molecular weight excluding hydrogens is 288 g/mol.